The van der Waals surface area contributed by atoms with Gasteiger partial charge in [-0.1, -0.05) is 0 Å². The minimum absolute atomic E-state index is 0.149. The SMILES string of the molecule is C[C@H](N)C(=O)N[C@@H](C)C(=O)N[C@@H](C)C(=O)N[C@@H](C)C(=O)N[C@@H](C)C(=O)N[C@@H](C)C(=O)N[C@@H](CCCCN)C(=O)N[C@@H](C)C(=O)N[C@@H](C)C(=O)NCC=O. The van der Waals surface area contributed by atoms with Gasteiger partial charge in [0.2, 0.25) is 53.2 Å². The zero-order chi connectivity index (χ0) is 41.0. The van der Waals surface area contributed by atoms with E-state index in [0.29, 0.717) is 25.7 Å². The monoisotopic (exact) mass is 755 g/mol. The van der Waals surface area contributed by atoms with E-state index in [4.69, 9.17) is 11.5 Å². The molecule has 0 aromatic rings. The molecule has 0 heterocycles. The standard InChI is InChI=1S/C32H57N11O10/c1-15(34)24(45)36-17(3)26(47)38-18(4)27(48)39-19(5)28(49)40-20(6)29(50)41-22(8)31(52)43-23(11-9-10-12-33)32(53)42-21(7)30(51)37-16(2)25(46)35-13-14-44/h14-23H,9-13,33-34H2,1-8H3,(H,35,46)(H,36,45)(H,37,51)(H,38,47)(H,39,48)(H,40,49)(H,41,50)(H,42,53)(H,43,52)/t15-,16-,17-,18-,19-,20-,21-,22-,23-/m0/s1. The van der Waals surface area contributed by atoms with Crippen molar-refractivity contribution < 1.29 is 47.9 Å². The molecule has 9 amide bonds. The second-order valence-electron chi connectivity index (χ2n) is 12.7. The Morgan fingerprint density at radius 1 is 0.453 bits per heavy atom. The van der Waals surface area contributed by atoms with Crippen molar-refractivity contribution in [2.45, 2.75) is 129 Å². The van der Waals surface area contributed by atoms with Gasteiger partial charge in [0.15, 0.2) is 0 Å². The Labute approximate surface area is 308 Å². The van der Waals surface area contributed by atoms with Gasteiger partial charge in [-0.15, -0.1) is 0 Å². The molecule has 9 atom stereocenters. The molecule has 0 rings (SSSR count). The second kappa shape index (κ2) is 24.1. The highest BCUT2D eigenvalue weighted by molar-refractivity contribution is 5.97. The van der Waals surface area contributed by atoms with Crippen molar-refractivity contribution in [3.63, 3.8) is 0 Å². The van der Waals surface area contributed by atoms with Gasteiger partial charge in [0.25, 0.3) is 0 Å². The number of rotatable bonds is 23. The predicted molar refractivity (Wildman–Crippen MR) is 191 cm³/mol. The largest absolute Gasteiger partial charge is 0.348 e. The number of carbonyl (C=O) groups excluding carboxylic acids is 10. The fourth-order valence-corrected chi connectivity index (χ4v) is 4.16. The average Bonchev–Trinajstić information content (AvgIpc) is 3.09. The van der Waals surface area contributed by atoms with E-state index in [1.807, 2.05) is 0 Å². The number of nitrogens with one attached hydrogen (secondary N) is 9. The lowest BCUT2D eigenvalue weighted by Crippen LogP contribution is -2.58. The summed E-state index contributed by atoms with van der Waals surface area (Å²) < 4.78 is 0. The fraction of sp³-hybridized carbons (Fsp3) is 0.688. The number of aldehydes is 1. The van der Waals surface area contributed by atoms with Crippen molar-refractivity contribution in [3.8, 4) is 0 Å². The van der Waals surface area contributed by atoms with Crippen LogP contribution in [0.4, 0.5) is 0 Å². The molecule has 0 radical (unpaired) electrons. The summed E-state index contributed by atoms with van der Waals surface area (Å²) in [6.07, 6.45) is 1.61. The first kappa shape index (κ1) is 47.8. The summed E-state index contributed by atoms with van der Waals surface area (Å²) in [5, 5.41) is 21.8. The number of unbranched alkanes of at least 4 members (excludes halogenated alkanes) is 1. The molecular formula is C32H57N11O10. The molecule has 0 aromatic carbocycles. The maximum Gasteiger partial charge on any atom is 0.243 e. The van der Waals surface area contributed by atoms with Gasteiger partial charge in [0, 0.05) is 0 Å². The van der Waals surface area contributed by atoms with Gasteiger partial charge < -0.3 is 64.1 Å². The van der Waals surface area contributed by atoms with Crippen LogP contribution in [0.1, 0.15) is 74.7 Å². The van der Waals surface area contributed by atoms with E-state index in [1.165, 1.54) is 55.4 Å². The van der Waals surface area contributed by atoms with E-state index in [-0.39, 0.29) is 13.0 Å². The topological polar surface area (TPSA) is 331 Å². The molecule has 0 unspecified atom stereocenters. The quantitative estimate of drug-likeness (QED) is 0.0344. The molecule has 0 aliphatic heterocycles. The van der Waals surface area contributed by atoms with Crippen LogP contribution in [0.2, 0.25) is 0 Å². The van der Waals surface area contributed by atoms with E-state index in [1.54, 1.807) is 0 Å². The van der Waals surface area contributed by atoms with Gasteiger partial charge in [-0.05, 0) is 81.2 Å². The maximum atomic E-state index is 13.1. The van der Waals surface area contributed by atoms with E-state index in [2.05, 4.69) is 47.9 Å². The van der Waals surface area contributed by atoms with Crippen molar-refractivity contribution in [2.75, 3.05) is 13.1 Å². The molecule has 21 nitrogen and oxygen atoms in total. The summed E-state index contributed by atoms with van der Waals surface area (Å²) in [4.78, 5) is 123. The zero-order valence-electron chi connectivity index (χ0n) is 31.5. The molecule has 0 spiro atoms. The van der Waals surface area contributed by atoms with Crippen LogP contribution in [0.5, 0.6) is 0 Å². The van der Waals surface area contributed by atoms with Crippen LogP contribution < -0.4 is 59.3 Å². The minimum Gasteiger partial charge on any atom is -0.348 e. The van der Waals surface area contributed by atoms with Crippen LogP contribution in [0.3, 0.4) is 0 Å². The Kier molecular flexibility index (Phi) is 21.8. The highest BCUT2D eigenvalue weighted by Gasteiger charge is 2.30. The third-order valence-electron chi connectivity index (χ3n) is 7.62. The van der Waals surface area contributed by atoms with Crippen LogP contribution in [-0.4, -0.2) is 127 Å². The lowest BCUT2D eigenvalue weighted by molar-refractivity contribution is -0.135. The predicted octanol–water partition coefficient (Wildman–Crippen LogP) is -5.20. The van der Waals surface area contributed by atoms with Crippen molar-refractivity contribution >= 4 is 59.5 Å². The van der Waals surface area contributed by atoms with Crippen LogP contribution in [0.15, 0.2) is 0 Å². The molecular weight excluding hydrogens is 698 g/mol. The Bertz CT molecular complexity index is 1330. The number of nitrogens with two attached hydrogens (primary N) is 2. The van der Waals surface area contributed by atoms with Gasteiger partial charge >= 0.3 is 0 Å². The minimum atomic E-state index is -1.18. The number of amides is 9. The van der Waals surface area contributed by atoms with Gasteiger partial charge in [0.1, 0.15) is 54.6 Å². The smallest absolute Gasteiger partial charge is 0.243 e. The summed E-state index contributed by atoms with van der Waals surface area (Å²) in [6, 6.07) is -9.65. The summed E-state index contributed by atoms with van der Waals surface area (Å²) in [5.74, 6) is -6.20. The molecule has 0 fully saturated rings. The Balaban J connectivity index is 5.17. The van der Waals surface area contributed by atoms with Crippen molar-refractivity contribution in [1.29, 1.82) is 0 Å². The third-order valence-corrected chi connectivity index (χ3v) is 7.62. The summed E-state index contributed by atoms with van der Waals surface area (Å²) in [5.41, 5.74) is 11.0. The molecule has 0 saturated carbocycles. The molecule has 0 bridgehead atoms. The van der Waals surface area contributed by atoms with E-state index >= 15 is 0 Å². The highest BCUT2D eigenvalue weighted by atomic mass is 16.2. The summed E-state index contributed by atoms with van der Waals surface area (Å²) in [6.45, 7) is 11.1. The zero-order valence-corrected chi connectivity index (χ0v) is 31.5. The van der Waals surface area contributed by atoms with Gasteiger partial charge in [0.05, 0.1) is 12.6 Å². The van der Waals surface area contributed by atoms with Crippen molar-refractivity contribution in [2.24, 2.45) is 11.5 Å². The van der Waals surface area contributed by atoms with Gasteiger partial charge in [-0.25, -0.2) is 0 Å². The number of hydrogen-bond acceptors (Lipinski definition) is 12. The first-order valence-corrected chi connectivity index (χ1v) is 17.3. The lowest BCUT2D eigenvalue weighted by atomic mass is 10.1. The number of hydrogen-bond donors (Lipinski definition) is 11. The summed E-state index contributed by atoms with van der Waals surface area (Å²) >= 11 is 0. The average molecular weight is 756 g/mol. The first-order chi connectivity index (χ1) is 24.7. The first-order valence-electron chi connectivity index (χ1n) is 17.3. The van der Waals surface area contributed by atoms with Gasteiger partial charge in [-0.2, -0.15) is 0 Å². The Hall–Kier alpha value is -5.18. The molecule has 0 aliphatic rings. The molecule has 0 saturated heterocycles. The van der Waals surface area contributed by atoms with E-state index in [9.17, 15) is 47.9 Å². The van der Waals surface area contributed by atoms with Crippen molar-refractivity contribution in [1.82, 2.24) is 47.9 Å². The molecule has 13 N–H and O–H groups in total. The normalized spacial score (nSPS) is 15.8. The maximum absolute atomic E-state index is 13.1. The summed E-state index contributed by atoms with van der Waals surface area (Å²) in [7, 11) is 0. The van der Waals surface area contributed by atoms with Crippen LogP contribution in [-0.2, 0) is 47.9 Å². The Morgan fingerprint density at radius 2 is 0.755 bits per heavy atom. The van der Waals surface area contributed by atoms with Crippen LogP contribution in [0.25, 0.3) is 0 Å². The highest BCUT2D eigenvalue weighted by Crippen LogP contribution is 2.03. The van der Waals surface area contributed by atoms with Gasteiger partial charge in [-0.3, -0.25) is 43.2 Å². The van der Waals surface area contributed by atoms with Crippen LogP contribution in [0, 0.1) is 0 Å². The fourth-order valence-electron chi connectivity index (χ4n) is 4.16. The molecule has 0 aromatic heterocycles. The molecule has 21 heteroatoms. The molecule has 53 heavy (non-hydrogen) atoms. The second-order valence-corrected chi connectivity index (χ2v) is 12.7. The van der Waals surface area contributed by atoms with Crippen LogP contribution >= 0.6 is 0 Å². The lowest BCUT2D eigenvalue weighted by Gasteiger charge is -2.24. The molecule has 0 aliphatic carbocycles. The molecule has 300 valence electrons. The van der Waals surface area contributed by atoms with E-state index in [0.717, 1.165) is 0 Å². The Morgan fingerprint density at radius 3 is 1.08 bits per heavy atom. The number of carbonyl (C=O) groups is 10. The van der Waals surface area contributed by atoms with E-state index < -0.39 is 108 Å². The van der Waals surface area contributed by atoms with Crippen molar-refractivity contribution in [3.05, 3.63) is 0 Å². The third kappa shape index (κ3) is 18.2.